The molecule has 0 bridgehead atoms. The first-order valence-corrected chi connectivity index (χ1v) is 6.13. The van der Waals surface area contributed by atoms with Gasteiger partial charge in [0.15, 0.2) is 11.5 Å². The molecular formula is C14H17NO2. The minimum absolute atomic E-state index is 0.0154. The van der Waals surface area contributed by atoms with E-state index in [9.17, 15) is 0 Å². The van der Waals surface area contributed by atoms with E-state index in [0.29, 0.717) is 6.61 Å². The Balaban J connectivity index is 2.10. The number of para-hydroxylation sites is 2. The highest BCUT2D eigenvalue weighted by molar-refractivity contribution is 5.39. The minimum atomic E-state index is 0.0154. The maximum Gasteiger partial charge on any atom is 0.161 e. The fourth-order valence-electron chi connectivity index (χ4n) is 2.20. The molecule has 2 rings (SSSR count). The second-order valence-electron chi connectivity index (χ2n) is 4.20. The molecule has 90 valence electrons. The quantitative estimate of drug-likeness (QED) is 0.799. The monoisotopic (exact) mass is 231 g/mol. The predicted molar refractivity (Wildman–Crippen MR) is 65.0 cm³/mol. The average Bonchev–Trinajstić information content (AvgIpc) is 2.79. The normalized spacial score (nSPS) is 23.1. The van der Waals surface area contributed by atoms with Crippen LogP contribution in [0.5, 0.6) is 11.5 Å². The molecule has 1 aliphatic rings. The van der Waals surface area contributed by atoms with Crippen molar-refractivity contribution in [2.24, 2.45) is 5.92 Å². The number of rotatable bonds is 4. The number of ether oxygens (including phenoxy) is 2. The smallest absolute Gasteiger partial charge is 0.161 e. The van der Waals surface area contributed by atoms with E-state index in [1.165, 1.54) is 0 Å². The first-order valence-electron chi connectivity index (χ1n) is 6.13. The third kappa shape index (κ3) is 2.71. The van der Waals surface area contributed by atoms with Crippen LogP contribution >= 0.6 is 0 Å². The summed E-state index contributed by atoms with van der Waals surface area (Å²) >= 11 is 0. The predicted octanol–water partition coefficient (Wildman–Crippen LogP) is 3.16. The van der Waals surface area contributed by atoms with Gasteiger partial charge in [0.2, 0.25) is 0 Å². The third-order valence-electron chi connectivity index (χ3n) is 3.05. The van der Waals surface area contributed by atoms with Crippen LogP contribution in [0.2, 0.25) is 0 Å². The summed E-state index contributed by atoms with van der Waals surface area (Å²) in [4.78, 5) is 0. The van der Waals surface area contributed by atoms with Gasteiger partial charge in [0, 0.05) is 0 Å². The molecule has 0 aliphatic heterocycles. The van der Waals surface area contributed by atoms with Crippen LogP contribution in [0.15, 0.2) is 24.3 Å². The number of nitriles is 1. The third-order valence-corrected chi connectivity index (χ3v) is 3.05. The second kappa shape index (κ2) is 5.58. The molecular weight excluding hydrogens is 214 g/mol. The van der Waals surface area contributed by atoms with E-state index in [1.54, 1.807) is 0 Å². The Morgan fingerprint density at radius 1 is 1.29 bits per heavy atom. The minimum Gasteiger partial charge on any atom is -0.490 e. The molecule has 0 N–H and O–H groups in total. The Morgan fingerprint density at radius 2 is 2.06 bits per heavy atom. The molecule has 0 spiro atoms. The molecule has 17 heavy (non-hydrogen) atoms. The number of hydrogen-bond donors (Lipinski definition) is 0. The number of hydrogen-bond acceptors (Lipinski definition) is 3. The number of nitrogens with zero attached hydrogens (tertiary/aromatic N) is 1. The Labute approximate surface area is 102 Å². The Kier molecular flexibility index (Phi) is 3.87. The second-order valence-corrected chi connectivity index (χ2v) is 4.20. The highest BCUT2D eigenvalue weighted by Gasteiger charge is 2.29. The number of benzene rings is 1. The van der Waals surface area contributed by atoms with Crippen LogP contribution in [0, 0.1) is 17.2 Å². The standard InChI is InChI=1S/C14H17NO2/c1-2-16-13-7-3-4-8-14(13)17-12-9-5-6-11(12)10-15/h3-4,7-8,11-12H,2,5-6,9H2,1H3. The Bertz CT molecular complexity index is 411. The van der Waals surface area contributed by atoms with Gasteiger partial charge in [-0.05, 0) is 38.3 Å². The summed E-state index contributed by atoms with van der Waals surface area (Å²) in [5.41, 5.74) is 0. The van der Waals surface area contributed by atoms with Gasteiger partial charge in [0.1, 0.15) is 6.10 Å². The maximum atomic E-state index is 9.03. The van der Waals surface area contributed by atoms with E-state index in [2.05, 4.69) is 6.07 Å². The molecule has 1 aromatic rings. The molecule has 1 saturated carbocycles. The average molecular weight is 231 g/mol. The van der Waals surface area contributed by atoms with Gasteiger partial charge in [-0.1, -0.05) is 12.1 Å². The summed E-state index contributed by atoms with van der Waals surface area (Å²) in [6, 6.07) is 9.97. The van der Waals surface area contributed by atoms with Crippen LogP contribution in [0.1, 0.15) is 26.2 Å². The summed E-state index contributed by atoms with van der Waals surface area (Å²) < 4.78 is 11.4. The van der Waals surface area contributed by atoms with Gasteiger partial charge in [-0.3, -0.25) is 0 Å². The molecule has 1 aliphatic carbocycles. The van der Waals surface area contributed by atoms with Crippen LogP contribution in [0.25, 0.3) is 0 Å². The van der Waals surface area contributed by atoms with Gasteiger partial charge in [0.05, 0.1) is 18.6 Å². The van der Waals surface area contributed by atoms with Crippen molar-refractivity contribution in [2.75, 3.05) is 6.61 Å². The van der Waals surface area contributed by atoms with Crippen molar-refractivity contribution in [2.45, 2.75) is 32.3 Å². The Hall–Kier alpha value is -1.69. The lowest BCUT2D eigenvalue weighted by Gasteiger charge is -2.18. The van der Waals surface area contributed by atoms with Crippen molar-refractivity contribution in [3.8, 4) is 17.6 Å². The van der Waals surface area contributed by atoms with Crippen molar-refractivity contribution in [1.29, 1.82) is 5.26 Å². The SMILES string of the molecule is CCOc1ccccc1OC1CCCC1C#N. The molecule has 0 amide bonds. The topological polar surface area (TPSA) is 42.2 Å². The highest BCUT2D eigenvalue weighted by atomic mass is 16.5. The van der Waals surface area contributed by atoms with E-state index >= 15 is 0 Å². The van der Waals surface area contributed by atoms with Crippen LogP contribution in [0.4, 0.5) is 0 Å². The zero-order valence-corrected chi connectivity index (χ0v) is 10.1. The first-order chi connectivity index (χ1) is 8.35. The lowest BCUT2D eigenvalue weighted by Crippen LogP contribution is -2.20. The molecule has 1 aromatic carbocycles. The van der Waals surface area contributed by atoms with Gasteiger partial charge >= 0.3 is 0 Å². The van der Waals surface area contributed by atoms with Crippen molar-refractivity contribution in [1.82, 2.24) is 0 Å². The fraction of sp³-hybridized carbons (Fsp3) is 0.500. The van der Waals surface area contributed by atoms with E-state index in [-0.39, 0.29) is 12.0 Å². The summed E-state index contributed by atoms with van der Waals surface area (Å²) in [5, 5.41) is 9.03. The first kappa shape index (κ1) is 11.8. The molecule has 0 radical (unpaired) electrons. The lowest BCUT2D eigenvalue weighted by atomic mass is 10.1. The molecule has 1 fully saturated rings. The van der Waals surface area contributed by atoms with E-state index in [4.69, 9.17) is 14.7 Å². The van der Waals surface area contributed by atoms with Gasteiger partial charge in [0.25, 0.3) is 0 Å². The molecule has 2 unspecified atom stereocenters. The van der Waals surface area contributed by atoms with E-state index < -0.39 is 0 Å². The Morgan fingerprint density at radius 3 is 2.76 bits per heavy atom. The zero-order chi connectivity index (χ0) is 12.1. The largest absolute Gasteiger partial charge is 0.490 e. The van der Waals surface area contributed by atoms with Crippen molar-refractivity contribution in [3.05, 3.63) is 24.3 Å². The summed E-state index contributed by atoms with van der Waals surface area (Å²) in [6.45, 7) is 2.57. The van der Waals surface area contributed by atoms with Crippen molar-refractivity contribution in [3.63, 3.8) is 0 Å². The molecule has 3 heteroatoms. The molecule has 2 atom stereocenters. The van der Waals surface area contributed by atoms with E-state index in [0.717, 1.165) is 30.8 Å². The zero-order valence-electron chi connectivity index (χ0n) is 10.1. The molecule has 3 nitrogen and oxygen atoms in total. The summed E-state index contributed by atoms with van der Waals surface area (Å²) in [5.74, 6) is 1.53. The van der Waals surface area contributed by atoms with Crippen LogP contribution in [-0.2, 0) is 0 Å². The molecule has 0 saturated heterocycles. The lowest BCUT2D eigenvalue weighted by molar-refractivity contribution is 0.172. The van der Waals surface area contributed by atoms with Crippen LogP contribution < -0.4 is 9.47 Å². The molecule has 0 heterocycles. The van der Waals surface area contributed by atoms with Gasteiger partial charge in [-0.15, -0.1) is 0 Å². The summed E-state index contributed by atoms with van der Waals surface area (Å²) in [6.07, 6.45) is 2.98. The fourth-order valence-corrected chi connectivity index (χ4v) is 2.20. The van der Waals surface area contributed by atoms with Gasteiger partial charge in [-0.2, -0.15) is 5.26 Å². The maximum absolute atomic E-state index is 9.03. The van der Waals surface area contributed by atoms with Crippen molar-refractivity contribution >= 4 is 0 Å². The van der Waals surface area contributed by atoms with Crippen LogP contribution in [0.3, 0.4) is 0 Å². The van der Waals surface area contributed by atoms with Crippen molar-refractivity contribution < 1.29 is 9.47 Å². The van der Waals surface area contributed by atoms with Gasteiger partial charge in [-0.25, -0.2) is 0 Å². The van der Waals surface area contributed by atoms with Crippen LogP contribution in [-0.4, -0.2) is 12.7 Å². The van der Waals surface area contributed by atoms with Gasteiger partial charge < -0.3 is 9.47 Å². The highest BCUT2D eigenvalue weighted by Crippen LogP contribution is 2.33. The molecule has 0 aromatic heterocycles. The summed E-state index contributed by atoms with van der Waals surface area (Å²) in [7, 11) is 0. The van der Waals surface area contributed by atoms with E-state index in [1.807, 2.05) is 31.2 Å².